The Morgan fingerprint density at radius 3 is 2.50 bits per heavy atom. The maximum absolute atomic E-state index is 12.1. The smallest absolute Gasteiger partial charge is 0.240 e. The second-order valence-electron chi connectivity index (χ2n) is 5.72. The molecule has 22 heavy (non-hydrogen) atoms. The number of nitrogens with zero attached hydrogens (tertiary/aromatic N) is 1. The standard InChI is InChI=1S/C17H23N3O2/c1-4-12(5-2)17(22)18-14-8-6-13(7-9-14)16-11(3)10-15(21)19-20-16/h6-9,11-12H,4-5,10H2,1-3H3,(H,18,22)(H,19,21). The summed E-state index contributed by atoms with van der Waals surface area (Å²) in [7, 11) is 0. The van der Waals surface area contributed by atoms with Crippen molar-refractivity contribution < 1.29 is 9.59 Å². The number of hydrogen-bond donors (Lipinski definition) is 2. The average molecular weight is 301 g/mol. The van der Waals surface area contributed by atoms with Crippen molar-refractivity contribution in [2.45, 2.75) is 40.0 Å². The third kappa shape index (κ3) is 3.72. The van der Waals surface area contributed by atoms with E-state index >= 15 is 0 Å². The van der Waals surface area contributed by atoms with Crippen molar-refractivity contribution in [1.29, 1.82) is 0 Å². The zero-order valence-electron chi connectivity index (χ0n) is 13.3. The van der Waals surface area contributed by atoms with Gasteiger partial charge in [0.25, 0.3) is 0 Å². The van der Waals surface area contributed by atoms with E-state index in [1.807, 2.05) is 45.0 Å². The van der Waals surface area contributed by atoms with Gasteiger partial charge in [-0.15, -0.1) is 0 Å². The number of hydrogen-bond acceptors (Lipinski definition) is 3. The van der Waals surface area contributed by atoms with Crippen LogP contribution in [0.3, 0.4) is 0 Å². The molecule has 1 aromatic carbocycles. The number of carbonyl (C=O) groups is 2. The Balaban J connectivity index is 2.08. The Labute approximate surface area is 131 Å². The van der Waals surface area contributed by atoms with Gasteiger partial charge >= 0.3 is 0 Å². The van der Waals surface area contributed by atoms with Gasteiger partial charge < -0.3 is 5.32 Å². The van der Waals surface area contributed by atoms with E-state index in [0.29, 0.717) is 6.42 Å². The SMILES string of the molecule is CCC(CC)C(=O)Nc1ccc(C2=NNC(=O)CC2C)cc1. The van der Waals surface area contributed by atoms with Crippen LogP contribution in [0.15, 0.2) is 29.4 Å². The normalized spacial score (nSPS) is 17.9. The monoisotopic (exact) mass is 301 g/mol. The molecule has 2 N–H and O–H groups in total. The zero-order chi connectivity index (χ0) is 16.1. The van der Waals surface area contributed by atoms with Crippen LogP contribution in [-0.2, 0) is 9.59 Å². The fourth-order valence-electron chi connectivity index (χ4n) is 2.63. The van der Waals surface area contributed by atoms with E-state index in [1.54, 1.807) is 0 Å². The second-order valence-corrected chi connectivity index (χ2v) is 5.72. The van der Waals surface area contributed by atoms with E-state index in [9.17, 15) is 9.59 Å². The molecule has 2 rings (SSSR count). The summed E-state index contributed by atoms with van der Waals surface area (Å²) in [5, 5.41) is 7.08. The lowest BCUT2D eigenvalue weighted by Crippen LogP contribution is -2.31. The van der Waals surface area contributed by atoms with Crippen molar-refractivity contribution in [3.05, 3.63) is 29.8 Å². The van der Waals surface area contributed by atoms with Crippen LogP contribution in [0, 0.1) is 11.8 Å². The molecular formula is C17H23N3O2. The third-order valence-electron chi connectivity index (χ3n) is 4.06. The summed E-state index contributed by atoms with van der Waals surface area (Å²) in [5.74, 6) is 0.162. The summed E-state index contributed by atoms with van der Waals surface area (Å²) in [6.07, 6.45) is 2.13. The molecule has 5 nitrogen and oxygen atoms in total. The molecule has 0 aromatic heterocycles. The quantitative estimate of drug-likeness (QED) is 0.878. The molecule has 1 aliphatic rings. The lowest BCUT2D eigenvalue weighted by atomic mass is 9.94. The van der Waals surface area contributed by atoms with Crippen molar-refractivity contribution in [1.82, 2.24) is 5.43 Å². The maximum atomic E-state index is 12.1. The number of hydrazone groups is 1. The van der Waals surface area contributed by atoms with Crippen LogP contribution in [0.2, 0.25) is 0 Å². The van der Waals surface area contributed by atoms with Crippen molar-refractivity contribution in [2.24, 2.45) is 16.9 Å². The Bertz CT molecular complexity index is 574. The highest BCUT2D eigenvalue weighted by Gasteiger charge is 2.21. The number of anilines is 1. The van der Waals surface area contributed by atoms with E-state index in [0.717, 1.165) is 29.8 Å². The minimum atomic E-state index is -0.0506. The molecule has 1 aliphatic heterocycles. The van der Waals surface area contributed by atoms with Gasteiger partial charge in [-0.3, -0.25) is 9.59 Å². The predicted octanol–water partition coefficient (Wildman–Crippen LogP) is 2.92. The molecule has 0 spiro atoms. The topological polar surface area (TPSA) is 70.6 Å². The summed E-state index contributed by atoms with van der Waals surface area (Å²) in [5.41, 5.74) is 5.14. The molecule has 1 aromatic rings. The van der Waals surface area contributed by atoms with Crippen LogP contribution in [-0.4, -0.2) is 17.5 Å². The Morgan fingerprint density at radius 1 is 1.32 bits per heavy atom. The number of carbonyl (C=O) groups excluding carboxylic acids is 2. The summed E-state index contributed by atoms with van der Waals surface area (Å²) in [6, 6.07) is 7.60. The molecular weight excluding hydrogens is 278 g/mol. The first-order valence-corrected chi connectivity index (χ1v) is 7.82. The number of rotatable bonds is 5. The number of nitrogens with one attached hydrogen (secondary N) is 2. The van der Waals surface area contributed by atoms with Gasteiger partial charge in [-0.1, -0.05) is 32.9 Å². The average Bonchev–Trinajstić information content (AvgIpc) is 2.49. The minimum Gasteiger partial charge on any atom is -0.326 e. The fourth-order valence-corrected chi connectivity index (χ4v) is 2.63. The summed E-state index contributed by atoms with van der Waals surface area (Å²) >= 11 is 0. The third-order valence-corrected chi connectivity index (χ3v) is 4.06. The number of amides is 2. The van der Waals surface area contributed by atoms with Crippen molar-refractivity contribution in [3.8, 4) is 0 Å². The highest BCUT2D eigenvalue weighted by Crippen LogP contribution is 2.19. The van der Waals surface area contributed by atoms with Crippen LogP contribution in [0.4, 0.5) is 5.69 Å². The summed E-state index contributed by atoms with van der Waals surface area (Å²) in [6.45, 7) is 6.03. The molecule has 1 unspecified atom stereocenters. The van der Waals surface area contributed by atoms with Gasteiger partial charge in [0.1, 0.15) is 0 Å². The molecule has 0 saturated heterocycles. The largest absolute Gasteiger partial charge is 0.326 e. The van der Waals surface area contributed by atoms with Crippen LogP contribution in [0.25, 0.3) is 0 Å². The number of benzene rings is 1. The van der Waals surface area contributed by atoms with Gasteiger partial charge in [-0.2, -0.15) is 5.10 Å². The van der Waals surface area contributed by atoms with Gasteiger partial charge in [0.15, 0.2) is 0 Å². The minimum absolute atomic E-state index is 0.0506. The van der Waals surface area contributed by atoms with Gasteiger partial charge in [0.2, 0.25) is 11.8 Å². The molecule has 5 heteroatoms. The Kier molecular flexibility index (Phi) is 5.31. The van der Waals surface area contributed by atoms with Crippen molar-refractivity contribution >= 4 is 23.2 Å². The van der Waals surface area contributed by atoms with Gasteiger partial charge in [-0.05, 0) is 30.5 Å². The Hall–Kier alpha value is -2.17. The first kappa shape index (κ1) is 16.2. The lowest BCUT2D eigenvalue weighted by molar-refractivity contribution is -0.122. The van der Waals surface area contributed by atoms with E-state index in [4.69, 9.17) is 0 Å². The maximum Gasteiger partial charge on any atom is 0.240 e. The van der Waals surface area contributed by atoms with Crippen LogP contribution < -0.4 is 10.7 Å². The summed E-state index contributed by atoms with van der Waals surface area (Å²) < 4.78 is 0. The van der Waals surface area contributed by atoms with E-state index in [2.05, 4.69) is 15.8 Å². The first-order chi connectivity index (χ1) is 10.5. The molecule has 118 valence electrons. The van der Waals surface area contributed by atoms with Crippen molar-refractivity contribution in [3.63, 3.8) is 0 Å². The molecule has 0 fully saturated rings. The van der Waals surface area contributed by atoms with Crippen molar-refractivity contribution in [2.75, 3.05) is 5.32 Å². The van der Waals surface area contributed by atoms with Crippen LogP contribution >= 0.6 is 0 Å². The highest BCUT2D eigenvalue weighted by atomic mass is 16.2. The highest BCUT2D eigenvalue weighted by molar-refractivity contribution is 6.06. The van der Waals surface area contributed by atoms with Gasteiger partial charge in [-0.25, -0.2) is 5.43 Å². The summed E-state index contributed by atoms with van der Waals surface area (Å²) in [4.78, 5) is 23.3. The lowest BCUT2D eigenvalue weighted by Gasteiger charge is -2.19. The zero-order valence-corrected chi connectivity index (χ0v) is 13.3. The van der Waals surface area contributed by atoms with E-state index in [-0.39, 0.29) is 23.7 Å². The molecule has 1 atom stereocenters. The molecule has 0 bridgehead atoms. The van der Waals surface area contributed by atoms with Crippen LogP contribution in [0.1, 0.15) is 45.6 Å². The predicted molar refractivity (Wildman–Crippen MR) is 87.6 cm³/mol. The Morgan fingerprint density at radius 2 is 1.95 bits per heavy atom. The second kappa shape index (κ2) is 7.20. The van der Waals surface area contributed by atoms with Crippen LogP contribution in [0.5, 0.6) is 0 Å². The van der Waals surface area contributed by atoms with E-state index < -0.39 is 0 Å². The first-order valence-electron chi connectivity index (χ1n) is 7.82. The molecule has 0 saturated carbocycles. The van der Waals surface area contributed by atoms with Gasteiger partial charge in [0.05, 0.1) is 5.71 Å². The molecule has 0 radical (unpaired) electrons. The van der Waals surface area contributed by atoms with Gasteiger partial charge in [0, 0.05) is 23.9 Å². The van der Waals surface area contributed by atoms with E-state index in [1.165, 1.54) is 0 Å². The molecule has 0 aliphatic carbocycles. The fraction of sp³-hybridized carbons (Fsp3) is 0.471. The molecule has 1 heterocycles. The molecule has 2 amide bonds.